The Morgan fingerprint density at radius 1 is 0.375 bits per heavy atom. The van der Waals surface area contributed by atoms with Crippen LogP contribution in [0.4, 0.5) is 17.1 Å². The summed E-state index contributed by atoms with van der Waals surface area (Å²) in [7, 11) is 0. The molecule has 1 nitrogen and oxygen atoms in total. The van der Waals surface area contributed by atoms with E-state index in [0.29, 0.717) is 0 Å². The van der Waals surface area contributed by atoms with Gasteiger partial charge in [-0.25, -0.2) is 0 Å². The third-order valence-electron chi connectivity index (χ3n) is 13.2. The van der Waals surface area contributed by atoms with Crippen molar-refractivity contribution < 1.29 is 0 Å². The zero-order chi connectivity index (χ0) is 39.3. The highest BCUT2D eigenvalue weighted by Crippen LogP contribution is 2.53. The number of rotatable bonds is 6. The summed E-state index contributed by atoms with van der Waals surface area (Å²) in [6.07, 6.45) is 0. The second kappa shape index (κ2) is 13.0. The zero-order valence-corrected chi connectivity index (χ0v) is 34.7. The monoisotopic (exact) mass is 725 g/mol. The largest absolute Gasteiger partial charge is 0.310 e. The van der Waals surface area contributed by atoms with E-state index >= 15 is 0 Å². The second-order valence-corrected chi connectivity index (χ2v) is 17.8. The van der Waals surface area contributed by atoms with Crippen molar-refractivity contribution in [3.8, 4) is 22.3 Å². The molecule has 0 fully saturated rings. The first-order valence-corrected chi connectivity index (χ1v) is 20.3. The van der Waals surface area contributed by atoms with Crippen molar-refractivity contribution in [3.05, 3.63) is 189 Å². The lowest BCUT2D eigenvalue weighted by Crippen LogP contribution is -2.55. The molecule has 2 aliphatic rings. The number of fused-ring (bicyclic) bond motifs is 6. The highest BCUT2D eigenvalue weighted by Gasteiger charge is 2.38. The summed E-state index contributed by atoms with van der Waals surface area (Å²) in [5.74, 6) is 0. The topological polar surface area (TPSA) is 3.24 Å². The van der Waals surface area contributed by atoms with Crippen LogP contribution in [0.3, 0.4) is 0 Å². The Labute approximate surface area is 335 Å². The minimum Gasteiger partial charge on any atom is -0.310 e. The van der Waals surface area contributed by atoms with Gasteiger partial charge in [0.25, 0.3) is 0 Å². The van der Waals surface area contributed by atoms with Crippen LogP contribution in [0.2, 0.25) is 0 Å². The molecule has 0 amide bonds. The lowest BCUT2D eigenvalue weighted by molar-refractivity contribution is 0.660. The highest BCUT2D eigenvalue weighted by molar-refractivity contribution is 6.96. The Morgan fingerprint density at radius 3 is 1.14 bits per heavy atom. The van der Waals surface area contributed by atoms with Gasteiger partial charge < -0.3 is 4.90 Å². The lowest BCUT2D eigenvalue weighted by atomic mass is 9.34. The molecule has 0 heterocycles. The number of aryl methyl sites for hydroxylation is 6. The van der Waals surface area contributed by atoms with E-state index in [0.717, 1.165) is 5.69 Å². The molecule has 0 unspecified atom stereocenters. The molecule has 0 saturated heterocycles. The van der Waals surface area contributed by atoms with E-state index in [4.69, 9.17) is 0 Å². The van der Waals surface area contributed by atoms with E-state index in [9.17, 15) is 0 Å². The van der Waals surface area contributed by atoms with Crippen molar-refractivity contribution in [1.82, 2.24) is 0 Å². The van der Waals surface area contributed by atoms with E-state index in [1.165, 1.54) is 106 Å². The van der Waals surface area contributed by atoms with Gasteiger partial charge in [0.05, 0.1) is 0 Å². The molecule has 2 aliphatic carbocycles. The van der Waals surface area contributed by atoms with Gasteiger partial charge in [-0.1, -0.05) is 175 Å². The third kappa shape index (κ3) is 5.52. The van der Waals surface area contributed by atoms with Gasteiger partial charge >= 0.3 is 0 Å². The Hall–Kier alpha value is -5.60. The number of benzene rings is 7. The molecule has 9 rings (SSSR count). The third-order valence-corrected chi connectivity index (χ3v) is 13.2. The van der Waals surface area contributed by atoms with E-state index in [-0.39, 0.29) is 17.5 Å². The SMILES string of the molecule is Cc1cc(C)c(B(c2ccc(N(c3ccc4c(c3)C(C)(C)c3ccccc3-4)c3ccc4c(c3)C(C)(C)c3ccccc3-4)cc2)c2c(C)cc(C)cc2C)c(C)c1. The van der Waals surface area contributed by atoms with Crippen LogP contribution in [0, 0.1) is 41.5 Å². The summed E-state index contributed by atoms with van der Waals surface area (Å²) in [6.45, 7) is 23.2. The molecule has 56 heavy (non-hydrogen) atoms. The quantitative estimate of drug-likeness (QED) is 0.154. The fourth-order valence-electron chi connectivity index (χ4n) is 10.7. The molecule has 0 atom stereocenters. The predicted molar refractivity (Wildman–Crippen MR) is 242 cm³/mol. The molecule has 0 aliphatic heterocycles. The van der Waals surface area contributed by atoms with Crippen LogP contribution in [0.25, 0.3) is 22.3 Å². The average molecular weight is 726 g/mol. The van der Waals surface area contributed by atoms with Crippen LogP contribution in [-0.4, -0.2) is 6.71 Å². The van der Waals surface area contributed by atoms with E-state index in [1.54, 1.807) is 0 Å². The number of anilines is 3. The van der Waals surface area contributed by atoms with Crippen LogP contribution >= 0.6 is 0 Å². The minimum atomic E-state index is -0.0974. The van der Waals surface area contributed by atoms with E-state index in [1.807, 2.05) is 0 Å². The Balaban J connectivity index is 1.23. The van der Waals surface area contributed by atoms with Crippen LogP contribution < -0.4 is 21.3 Å². The summed E-state index contributed by atoms with van der Waals surface area (Å²) < 4.78 is 0. The molecule has 276 valence electrons. The molecule has 0 aromatic heterocycles. The van der Waals surface area contributed by atoms with Crippen molar-refractivity contribution in [1.29, 1.82) is 0 Å². The number of nitrogens with zero attached hydrogens (tertiary/aromatic N) is 1. The summed E-state index contributed by atoms with van der Waals surface area (Å²) in [5.41, 5.74) is 26.4. The number of hydrogen-bond donors (Lipinski definition) is 0. The maximum absolute atomic E-state index is 2.49. The highest BCUT2D eigenvalue weighted by atomic mass is 15.1. The van der Waals surface area contributed by atoms with Crippen molar-refractivity contribution in [2.45, 2.75) is 80.1 Å². The summed E-state index contributed by atoms with van der Waals surface area (Å²) >= 11 is 0. The maximum atomic E-state index is 2.49. The lowest BCUT2D eigenvalue weighted by Gasteiger charge is -2.30. The van der Waals surface area contributed by atoms with Gasteiger partial charge in [0.1, 0.15) is 0 Å². The van der Waals surface area contributed by atoms with Gasteiger partial charge in [-0.15, -0.1) is 0 Å². The van der Waals surface area contributed by atoms with E-state index < -0.39 is 0 Å². The molecule has 0 saturated carbocycles. The average Bonchev–Trinajstić information content (AvgIpc) is 3.53. The Morgan fingerprint density at radius 2 is 0.732 bits per heavy atom. The normalized spacial score (nSPS) is 14.2. The fraction of sp³-hybridized carbons (Fsp3) is 0.222. The summed E-state index contributed by atoms with van der Waals surface area (Å²) in [5, 5.41) is 0. The smallest absolute Gasteiger partial charge is 0.242 e. The standard InChI is InChI=1S/C54H52BN/c1-33-27-35(3)51(36(4)28-33)55(52-37(5)29-34(2)30-38(52)6)39-19-21-40(22-20-39)56(41-23-25-45-43-15-11-13-17-47(43)53(7,8)49(45)31-41)42-24-26-46-44-16-12-14-18-48(44)54(9,10)50(46)32-42/h11-32H,1-10H3. The molecule has 7 aromatic carbocycles. The van der Waals surface area contributed by atoms with Crippen molar-refractivity contribution >= 4 is 40.2 Å². The van der Waals surface area contributed by atoms with Crippen molar-refractivity contribution in [2.24, 2.45) is 0 Å². The second-order valence-electron chi connectivity index (χ2n) is 17.8. The van der Waals surface area contributed by atoms with Gasteiger partial charge in [-0.05, 0) is 122 Å². The molecule has 0 spiro atoms. The van der Waals surface area contributed by atoms with Crippen molar-refractivity contribution in [2.75, 3.05) is 4.90 Å². The van der Waals surface area contributed by atoms with Crippen LogP contribution in [-0.2, 0) is 10.8 Å². The molecular formula is C54H52BN. The Kier molecular flexibility index (Phi) is 8.37. The zero-order valence-electron chi connectivity index (χ0n) is 34.7. The molecule has 0 bridgehead atoms. The minimum absolute atomic E-state index is 0.0974. The molecule has 7 aromatic rings. The molecule has 0 radical (unpaired) electrons. The van der Waals surface area contributed by atoms with Crippen LogP contribution in [0.1, 0.15) is 83.3 Å². The Bertz CT molecular complexity index is 2500. The van der Waals surface area contributed by atoms with Gasteiger partial charge in [0, 0.05) is 27.9 Å². The summed E-state index contributed by atoms with van der Waals surface area (Å²) in [4.78, 5) is 2.49. The first-order chi connectivity index (χ1) is 26.8. The van der Waals surface area contributed by atoms with Gasteiger partial charge in [-0.2, -0.15) is 0 Å². The van der Waals surface area contributed by atoms with Gasteiger partial charge in [0.15, 0.2) is 0 Å². The maximum Gasteiger partial charge on any atom is 0.242 e. The molecular weight excluding hydrogens is 673 g/mol. The van der Waals surface area contributed by atoms with Crippen LogP contribution in [0.15, 0.2) is 133 Å². The van der Waals surface area contributed by atoms with Crippen molar-refractivity contribution in [3.63, 3.8) is 0 Å². The first kappa shape index (κ1) is 36.1. The van der Waals surface area contributed by atoms with Crippen LogP contribution in [0.5, 0.6) is 0 Å². The fourth-order valence-corrected chi connectivity index (χ4v) is 10.7. The van der Waals surface area contributed by atoms with Gasteiger partial charge in [-0.3, -0.25) is 0 Å². The van der Waals surface area contributed by atoms with E-state index in [2.05, 4.69) is 208 Å². The molecule has 2 heteroatoms. The predicted octanol–water partition coefficient (Wildman–Crippen LogP) is 12.1. The first-order valence-electron chi connectivity index (χ1n) is 20.3. The summed E-state index contributed by atoms with van der Waals surface area (Å²) in [6, 6.07) is 51.1. The number of hydrogen-bond acceptors (Lipinski definition) is 1. The van der Waals surface area contributed by atoms with Gasteiger partial charge in [0.2, 0.25) is 6.71 Å². The molecule has 0 N–H and O–H groups in total.